The van der Waals surface area contributed by atoms with Gasteiger partial charge in [0, 0.05) is 11.1 Å². The molecule has 0 aliphatic heterocycles. The fraction of sp³-hybridized carbons (Fsp3) is 0.188. The van der Waals surface area contributed by atoms with Gasteiger partial charge in [0.25, 0.3) is 0 Å². The van der Waals surface area contributed by atoms with Crippen molar-refractivity contribution in [2.75, 3.05) is 0 Å². The second kappa shape index (κ2) is 6.64. The van der Waals surface area contributed by atoms with Crippen LogP contribution in [-0.4, -0.2) is 5.78 Å². The number of benzene rings is 1. The SMILES string of the molecule is C=C/C(=C\C=C(/C)CC)C(=O)c1ccccc1. The molecular formula is C16H18O. The molecular weight excluding hydrogens is 208 g/mol. The van der Waals surface area contributed by atoms with Crippen LogP contribution in [0.2, 0.25) is 0 Å². The van der Waals surface area contributed by atoms with Crippen molar-refractivity contribution in [1.82, 2.24) is 0 Å². The van der Waals surface area contributed by atoms with Crippen LogP contribution in [0.5, 0.6) is 0 Å². The molecule has 1 heteroatoms. The van der Waals surface area contributed by atoms with Gasteiger partial charge < -0.3 is 0 Å². The lowest BCUT2D eigenvalue weighted by Crippen LogP contribution is -2.00. The van der Waals surface area contributed by atoms with Crippen molar-refractivity contribution in [2.45, 2.75) is 20.3 Å². The van der Waals surface area contributed by atoms with Crippen molar-refractivity contribution in [1.29, 1.82) is 0 Å². The molecule has 0 spiro atoms. The normalized spacial score (nSPS) is 12.4. The number of carbonyl (C=O) groups is 1. The zero-order chi connectivity index (χ0) is 12.7. The molecule has 1 nitrogen and oxygen atoms in total. The Labute approximate surface area is 103 Å². The second-order valence-corrected chi connectivity index (χ2v) is 3.89. The van der Waals surface area contributed by atoms with Gasteiger partial charge in [0.15, 0.2) is 5.78 Å². The predicted molar refractivity (Wildman–Crippen MR) is 73.1 cm³/mol. The van der Waals surface area contributed by atoms with Crippen LogP contribution in [0.25, 0.3) is 0 Å². The number of rotatable bonds is 5. The number of Topliss-reactive ketones (excluding diaryl/α,β-unsaturated/α-hetero) is 1. The fourth-order valence-corrected chi connectivity index (χ4v) is 1.34. The van der Waals surface area contributed by atoms with Crippen LogP contribution in [0.3, 0.4) is 0 Å². The van der Waals surface area contributed by atoms with E-state index in [9.17, 15) is 4.79 Å². The van der Waals surface area contributed by atoms with Gasteiger partial charge in [-0.1, -0.05) is 67.6 Å². The summed E-state index contributed by atoms with van der Waals surface area (Å²) in [6.07, 6.45) is 6.40. The first-order chi connectivity index (χ1) is 8.19. The van der Waals surface area contributed by atoms with Crippen molar-refractivity contribution in [3.8, 4) is 0 Å². The average Bonchev–Trinajstić information content (AvgIpc) is 2.39. The highest BCUT2D eigenvalue weighted by Gasteiger charge is 2.07. The first-order valence-electron chi connectivity index (χ1n) is 5.78. The molecule has 0 radical (unpaired) electrons. The molecule has 0 saturated carbocycles. The van der Waals surface area contributed by atoms with Crippen molar-refractivity contribution >= 4 is 5.78 Å². The van der Waals surface area contributed by atoms with Crippen LogP contribution in [0.1, 0.15) is 30.6 Å². The topological polar surface area (TPSA) is 17.1 Å². The third kappa shape index (κ3) is 3.87. The lowest BCUT2D eigenvalue weighted by atomic mass is 10.0. The monoisotopic (exact) mass is 226 g/mol. The first kappa shape index (κ1) is 13.2. The van der Waals surface area contributed by atoms with Gasteiger partial charge in [-0.05, 0) is 13.3 Å². The van der Waals surface area contributed by atoms with Gasteiger partial charge in [-0.3, -0.25) is 4.79 Å². The Hall–Kier alpha value is -1.89. The predicted octanol–water partition coefficient (Wildman–Crippen LogP) is 4.34. The quantitative estimate of drug-likeness (QED) is 0.414. The van der Waals surface area contributed by atoms with E-state index >= 15 is 0 Å². The molecule has 17 heavy (non-hydrogen) atoms. The van der Waals surface area contributed by atoms with Crippen molar-refractivity contribution < 1.29 is 4.79 Å². The highest BCUT2D eigenvalue weighted by atomic mass is 16.1. The smallest absolute Gasteiger partial charge is 0.192 e. The summed E-state index contributed by atoms with van der Waals surface area (Å²) < 4.78 is 0. The van der Waals surface area contributed by atoms with Gasteiger partial charge in [0.1, 0.15) is 0 Å². The summed E-state index contributed by atoms with van der Waals surface area (Å²) in [7, 11) is 0. The molecule has 1 rings (SSSR count). The lowest BCUT2D eigenvalue weighted by molar-refractivity contribution is 0.103. The summed E-state index contributed by atoms with van der Waals surface area (Å²) in [5.41, 5.74) is 2.57. The molecule has 0 aromatic heterocycles. The molecule has 88 valence electrons. The van der Waals surface area contributed by atoms with Crippen LogP contribution in [0.4, 0.5) is 0 Å². The summed E-state index contributed by atoms with van der Waals surface area (Å²) >= 11 is 0. The number of hydrogen-bond acceptors (Lipinski definition) is 1. The number of ketones is 1. The van der Waals surface area contributed by atoms with E-state index in [-0.39, 0.29) is 5.78 Å². The van der Waals surface area contributed by atoms with Crippen molar-refractivity contribution in [2.24, 2.45) is 0 Å². The molecule has 0 atom stereocenters. The number of allylic oxidation sites excluding steroid dienone is 5. The van der Waals surface area contributed by atoms with Crippen LogP contribution in [-0.2, 0) is 0 Å². The fourth-order valence-electron chi connectivity index (χ4n) is 1.34. The molecule has 0 fully saturated rings. The van der Waals surface area contributed by atoms with Gasteiger partial charge in [-0.25, -0.2) is 0 Å². The molecule has 0 saturated heterocycles. The molecule has 1 aromatic carbocycles. The molecule has 0 unspecified atom stereocenters. The van der Waals surface area contributed by atoms with Crippen molar-refractivity contribution in [3.05, 3.63) is 71.8 Å². The van der Waals surface area contributed by atoms with Crippen LogP contribution in [0, 0.1) is 0 Å². The largest absolute Gasteiger partial charge is 0.289 e. The number of hydrogen-bond donors (Lipinski definition) is 0. The van der Waals surface area contributed by atoms with E-state index in [0.29, 0.717) is 11.1 Å². The van der Waals surface area contributed by atoms with Crippen LogP contribution in [0.15, 0.2) is 66.3 Å². The molecule has 1 aromatic rings. The van der Waals surface area contributed by atoms with Crippen molar-refractivity contribution in [3.63, 3.8) is 0 Å². The van der Waals surface area contributed by atoms with Gasteiger partial charge in [0.05, 0.1) is 0 Å². The second-order valence-electron chi connectivity index (χ2n) is 3.89. The highest BCUT2D eigenvalue weighted by molar-refractivity contribution is 6.10. The standard InChI is InChI=1S/C16H18O/c1-4-13(3)11-12-14(5-2)16(17)15-9-7-6-8-10-15/h5-12H,2,4H2,1,3H3/b13-11+,14-12+. The zero-order valence-electron chi connectivity index (χ0n) is 10.4. The third-order valence-corrected chi connectivity index (χ3v) is 2.62. The summed E-state index contributed by atoms with van der Waals surface area (Å²) in [4.78, 5) is 12.1. The summed E-state index contributed by atoms with van der Waals surface area (Å²) in [5.74, 6) is 0.0146. The maximum Gasteiger partial charge on any atom is 0.192 e. The minimum Gasteiger partial charge on any atom is -0.289 e. The molecule has 0 N–H and O–H groups in total. The van der Waals surface area contributed by atoms with E-state index in [1.165, 1.54) is 5.57 Å². The molecule has 0 bridgehead atoms. The summed E-state index contributed by atoms with van der Waals surface area (Å²) in [6.45, 7) is 7.83. The van der Waals surface area contributed by atoms with Gasteiger partial charge in [0.2, 0.25) is 0 Å². The van der Waals surface area contributed by atoms with E-state index < -0.39 is 0 Å². The van der Waals surface area contributed by atoms with Crippen LogP contribution >= 0.6 is 0 Å². The van der Waals surface area contributed by atoms with E-state index in [1.807, 2.05) is 49.4 Å². The van der Waals surface area contributed by atoms with Crippen LogP contribution < -0.4 is 0 Å². The maximum absolute atomic E-state index is 12.1. The minimum absolute atomic E-state index is 0.0146. The lowest BCUT2D eigenvalue weighted by Gasteiger charge is -2.01. The Morgan fingerprint density at radius 1 is 1.24 bits per heavy atom. The average molecular weight is 226 g/mol. The Kier molecular flexibility index (Phi) is 5.15. The summed E-state index contributed by atoms with van der Waals surface area (Å²) in [6, 6.07) is 9.25. The summed E-state index contributed by atoms with van der Waals surface area (Å²) in [5, 5.41) is 0. The van der Waals surface area contributed by atoms with E-state index in [0.717, 1.165) is 6.42 Å². The Morgan fingerprint density at radius 2 is 1.88 bits per heavy atom. The molecule has 0 amide bonds. The third-order valence-electron chi connectivity index (χ3n) is 2.62. The minimum atomic E-state index is 0.0146. The Balaban J connectivity index is 2.97. The molecule has 0 aliphatic rings. The highest BCUT2D eigenvalue weighted by Crippen LogP contribution is 2.10. The van der Waals surface area contributed by atoms with Gasteiger partial charge in [-0.15, -0.1) is 0 Å². The molecule has 0 heterocycles. The van der Waals surface area contributed by atoms with E-state index in [2.05, 4.69) is 13.5 Å². The Morgan fingerprint density at radius 3 is 2.41 bits per heavy atom. The Bertz CT molecular complexity index is 450. The van der Waals surface area contributed by atoms with E-state index in [1.54, 1.807) is 6.08 Å². The molecule has 0 aliphatic carbocycles. The van der Waals surface area contributed by atoms with Gasteiger partial charge in [-0.2, -0.15) is 0 Å². The van der Waals surface area contributed by atoms with E-state index in [4.69, 9.17) is 0 Å². The van der Waals surface area contributed by atoms with Gasteiger partial charge >= 0.3 is 0 Å². The number of carbonyl (C=O) groups excluding carboxylic acids is 1. The zero-order valence-corrected chi connectivity index (χ0v) is 10.4. The maximum atomic E-state index is 12.1. The first-order valence-corrected chi connectivity index (χ1v) is 5.78.